The second-order valence-electron chi connectivity index (χ2n) is 7.32. The van der Waals surface area contributed by atoms with Crippen LogP contribution in [0.2, 0.25) is 0 Å². The molecule has 3 fully saturated rings. The molecule has 3 nitrogen and oxygen atoms in total. The highest BCUT2D eigenvalue weighted by molar-refractivity contribution is 7.12. The van der Waals surface area contributed by atoms with E-state index < -0.39 is 0 Å². The van der Waals surface area contributed by atoms with E-state index in [0.717, 1.165) is 25.3 Å². The van der Waals surface area contributed by atoms with Crippen molar-refractivity contribution in [3.05, 3.63) is 21.9 Å². The summed E-state index contributed by atoms with van der Waals surface area (Å²) < 4.78 is 0. The van der Waals surface area contributed by atoms with E-state index in [1.807, 2.05) is 11.3 Å². The van der Waals surface area contributed by atoms with Crippen molar-refractivity contribution < 1.29 is 4.79 Å². The second-order valence-corrected chi connectivity index (χ2v) is 8.64. The number of carbonyl (C=O) groups excluding carboxylic acids is 1. The lowest BCUT2D eigenvalue weighted by Crippen LogP contribution is -2.35. The molecule has 3 atom stereocenters. The summed E-state index contributed by atoms with van der Waals surface area (Å²) in [6, 6.07) is 4.36. The third-order valence-corrected chi connectivity index (χ3v) is 6.49. The molecule has 0 aromatic carbocycles. The monoisotopic (exact) mass is 304 g/mol. The number of carbonyl (C=O) groups is 1. The summed E-state index contributed by atoms with van der Waals surface area (Å²) in [7, 11) is 0. The first-order valence-electron chi connectivity index (χ1n) is 8.22. The Morgan fingerprint density at radius 3 is 2.76 bits per heavy atom. The minimum Gasteiger partial charge on any atom is -0.320 e. The minimum atomic E-state index is -0.202. The Balaban J connectivity index is 1.57. The minimum absolute atomic E-state index is 0.120. The van der Waals surface area contributed by atoms with Crippen molar-refractivity contribution in [2.45, 2.75) is 57.7 Å². The molecule has 114 valence electrons. The van der Waals surface area contributed by atoms with Gasteiger partial charge in [0.25, 0.3) is 0 Å². The third kappa shape index (κ3) is 2.33. The molecule has 21 heavy (non-hydrogen) atoms. The van der Waals surface area contributed by atoms with Gasteiger partial charge in [0.05, 0.1) is 0 Å². The molecule has 3 unspecified atom stereocenters. The number of rotatable bonds is 3. The van der Waals surface area contributed by atoms with Gasteiger partial charge in [-0.25, -0.2) is 0 Å². The Morgan fingerprint density at radius 2 is 2.19 bits per heavy atom. The Morgan fingerprint density at radius 1 is 1.38 bits per heavy atom. The normalized spacial score (nSPS) is 34.1. The highest BCUT2D eigenvalue weighted by atomic mass is 32.1. The van der Waals surface area contributed by atoms with Crippen molar-refractivity contribution in [3.63, 3.8) is 0 Å². The number of amides is 1. The lowest BCUT2D eigenvalue weighted by molar-refractivity contribution is -0.131. The van der Waals surface area contributed by atoms with Crippen molar-refractivity contribution >= 4 is 17.2 Å². The molecule has 1 spiro atoms. The van der Waals surface area contributed by atoms with Crippen LogP contribution < -0.4 is 5.32 Å². The van der Waals surface area contributed by atoms with Crippen molar-refractivity contribution in [1.29, 1.82) is 0 Å². The lowest BCUT2D eigenvalue weighted by atomic mass is 10.1. The van der Waals surface area contributed by atoms with E-state index in [-0.39, 0.29) is 11.7 Å². The summed E-state index contributed by atoms with van der Waals surface area (Å²) in [4.78, 5) is 17.6. The average molecular weight is 304 g/mol. The predicted molar refractivity (Wildman–Crippen MR) is 85.1 cm³/mol. The van der Waals surface area contributed by atoms with Crippen LogP contribution in [0.5, 0.6) is 0 Å². The van der Waals surface area contributed by atoms with Crippen LogP contribution in [0, 0.1) is 18.8 Å². The zero-order chi connectivity index (χ0) is 14.6. The standard InChI is InChI=1S/C17H24N2OS/c1-11-3-5-13(9-11)10-19-15(14-6-4-12(2)21-14)18-17(7-8-17)16(19)20/h4,6,11,13,15,18H,3,5,7-10H2,1-2H3. The van der Waals surface area contributed by atoms with Gasteiger partial charge in [0.15, 0.2) is 0 Å². The van der Waals surface area contributed by atoms with Gasteiger partial charge >= 0.3 is 0 Å². The Bertz CT molecular complexity index is 563. The Labute approximate surface area is 130 Å². The van der Waals surface area contributed by atoms with Crippen LogP contribution in [0.15, 0.2) is 12.1 Å². The molecule has 1 aromatic heterocycles. The summed E-state index contributed by atoms with van der Waals surface area (Å²) in [6.45, 7) is 5.42. The largest absolute Gasteiger partial charge is 0.320 e. The molecule has 1 aliphatic heterocycles. The van der Waals surface area contributed by atoms with Gasteiger partial charge in [-0.2, -0.15) is 0 Å². The van der Waals surface area contributed by atoms with Crippen LogP contribution in [0.4, 0.5) is 0 Å². The molecule has 0 radical (unpaired) electrons. The molecule has 2 aliphatic carbocycles. The highest BCUT2D eigenvalue weighted by Crippen LogP contribution is 2.47. The van der Waals surface area contributed by atoms with Crippen LogP contribution in [-0.4, -0.2) is 22.9 Å². The molecule has 1 saturated heterocycles. The van der Waals surface area contributed by atoms with Crippen molar-refractivity contribution in [2.24, 2.45) is 11.8 Å². The lowest BCUT2D eigenvalue weighted by Gasteiger charge is -2.26. The first kappa shape index (κ1) is 13.8. The van der Waals surface area contributed by atoms with Gasteiger partial charge in [-0.1, -0.05) is 13.3 Å². The highest BCUT2D eigenvalue weighted by Gasteiger charge is 2.59. The van der Waals surface area contributed by atoms with Crippen LogP contribution in [0.3, 0.4) is 0 Å². The molecule has 1 amide bonds. The van der Waals surface area contributed by atoms with Crippen LogP contribution in [-0.2, 0) is 4.79 Å². The van der Waals surface area contributed by atoms with E-state index >= 15 is 0 Å². The second kappa shape index (κ2) is 4.82. The third-order valence-electron chi connectivity index (χ3n) is 5.43. The Kier molecular flexibility index (Phi) is 3.16. The number of nitrogens with one attached hydrogen (secondary N) is 1. The molecule has 1 N–H and O–H groups in total. The van der Waals surface area contributed by atoms with Crippen molar-refractivity contribution in [3.8, 4) is 0 Å². The molecular formula is C17H24N2OS. The van der Waals surface area contributed by atoms with E-state index in [4.69, 9.17) is 0 Å². The van der Waals surface area contributed by atoms with Gasteiger partial charge in [-0.15, -0.1) is 11.3 Å². The van der Waals surface area contributed by atoms with E-state index in [9.17, 15) is 4.79 Å². The predicted octanol–water partition coefficient (Wildman–Crippen LogP) is 3.46. The molecule has 1 aromatic rings. The zero-order valence-corrected chi connectivity index (χ0v) is 13.7. The number of aryl methyl sites for hydroxylation is 1. The molecule has 4 heteroatoms. The summed E-state index contributed by atoms with van der Waals surface area (Å²) in [5.74, 6) is 1.89. The zero-order valence-electron chi connectivity index (χ0n) is 12.9. The first-order valence-corrected chi connectivity index (χ1v) is 9.04. The van der Waals surface area contributed by atoms with Crippen molar-refractivity contribution in [1.82, 2.24) is 10.2 Å². The fraction of sp³-hybridized carbons (Fsp3) is 0.706. The number of nitrogens with zero attached hydrogens (tertiary/aromatic N) is 1. The number of hydrogen-bond donors (Lipinski definition) is 1. The summed E-state index contributed by atoms with van der Waals surface area (Å²) in [5.41, 5.74) is -0.202. The Hall–Kier alpha value is -0.870. The molecule has 3 aliphatic rings. The van der Waals surface area contributed by atoms with Gasteiger partial charge in [0.2, 0.25) is 5.91 Å². The maximum atomic E-state index is 12.8. The number of thiophene rings is 1. The molecular weight excluding hydrogens is 280 g/mol. The first-order chi connectivity index (χ1) is 10.1. The van der Waals surface area contributed by atoms with Gasteiger partial charge in [0.1, 0.15) is 11.7 Å². The van der Waals surface area contributed by atoms with E-state index in [2.05, 4.69) is 36.2 Å². The summed E-state index contributed by atoms with van der Waals surface area (Å²) >= 11 is 1.82. The van der Waals surface area contributed by atoms with Gasteiger partial charge in [0, 0.05) is 16.3 Å². The van der Waals surface area contributed by atoms with E-state index in [0.29, 0.717) is 11.8 Å². The van der Waals surface area contributed by atoms with Gasteiger partial charge in [-0.3, -0.25) is 10.1 Å². The topological polar surface area (TPSA) is 32.3 Å². The average Bonchev–Trinajstić information content (AvgIpc) is 2.78. The molecule has 0 bridgehead atoms. The maximum absolute atomic E-state index is 12.8. The summed E-state index contributed by atoms with van der Waals surface area (Å²) in [6.07, 6.45) is 6.05. The molecule has 2 saturated carbocycles. The van der Waals surface area contributed by atoms with Crippen LogP contribution in [0.1, 0.15) is 54.9 Å². The maximum Gasteiger partial charge on any atom is 0.244 e. The van der Waals surface area contributed by atoms with Crippen LogP contribution >= 0.6 is 11.3 Å². The smallest absolute Gasteiger partial charge is 0.244 e. The quantitative estimate of drug-likeness (QED) is 0.927. The van der Waals surface area contributed by atoms with E-state index in [1.54, 1.807) is 0 Å². The van der Waals surface area contributed by atoms with Gasteiger partial charge in [-0.05, 0) is 56.6 Å². The van der Waals surface area contributed by atoms with Crippen molar-refractivity contribution in [2.75, 3.05) is 6.54 Å². The van der Waals surface area contributed by atoms with Gasteiger partial charge < -0.3 is 4.90 Å². The fourth-order valence-corrected chi connectivity index (χ4v) is 5.00. The molecule has 2 heterocycles. The fourth-order valence-electron chi connectivity index (χ4n) is 4.06. The molecule has 4 rings (SSSR count). The summed E-state index contributed by atoms with van der Waals surface area (Å²) in [5, 5.41) is 3.64. The van der Waals surface area contributed by atoms with Crippen LogP contribution in [0.25, 0.3) is 0 Å². The SMILES string of the molecule is Cc1ccc(C2NC3(CC3)C(=O)N2CC2CCC(C)C2)s1. The number of hydrogen-bond acceptors (Lipinski definition) is 3. The van der Waals surface area contributed by atoms with E-state index in [1.165, 1.54) is 29.0 Å².